The number of hydrogen-bond donors (Lipinski definition) is 1. The molecule has 1 aliphatic heterocycles. The van der Waals surface area contributed by atoms with E-state index in [0.29, 0.717) is 6.04 Å². The van der Waals surface area contributed by atoms with Gasteiger partial charge in [0.1, 0.15) is 0 Å². The van der Waals surface area contributed by atoms with Gasteiger partial charge in [-0.05, 0) is 24.1 Å². The molecule has 0 spiro atoms. The van der Waals surface area contributed by atoms with E-state index in [4.69, 9.17) is 4.74 Å². The van der Waals surface area contributed by atoms with E-state index in [1.54, 1.807) is 0 Å². The molecule has 3 nitrogen and oxygen atoms in total. The Morgan fingerprint density at radius 3 is 3.08 bits per heavy atom. The van der Waals surface area contributed by atoms with Crippen LogP contribution in [-0.2, 0) is 11.3 Å². The van der Waals surface area contributed by atoms with Gasteiger partial charge in [-0.3, -0.25) is 4.98 Å². The molecule has 13 heavy (non-hydrogen) atoms. The molecule has 3 heteroatoms. The molecule has 1 aromatic rings. The summed E-state index contributed by atoms with van der Waals surface area (Å²) in [6.45, 7) is 4.70. The summed E-state index contributed by atoms with van der Waals surface area (Å²) in [5, 5.41) is 3.41. The first-order chi connectivity index (χ1) is 6.36. The van der Waals surface area contributed by atoms with Crippen LogP contribution >= 0.6 is 0 Å². The van der Waals surface area contributed by atoms with Crippen molar-refractivity contribution in [2.45, 2.75) is 19.5 Å². The van der Waals surface area contributed by atoms with Crippen LogP contribution < -0.4 is 5.32 Å². The zero-order chi connectivity index (χ0) is 9.10. The highest BCUT2D eigenvalue weighted by Crippen LogP contribution is 2.06. The van der Waals surface area contributed by atoms with Crippen LogP contribution in [0.1, 0.15) is 11.1 Å². The predicted octanol–water partition coefficient (Wildman–Crippen LogP) is 0.878. The van der Waals surface area contributed by atoms with Gasteiger partial charge in [0.05, 0.1) is 19.3 Å². The maximum Gasteiger partial charge on any atom is 0.0643 e. The summed E-state index contributed by atoms with van der Waals surface area (Å²) in [5.41, 5.74) is 2.57. The fourth-order valence-corrected chi connectivity index (χ4v) is 1.29. The van der Waals surface area contributed by atoms with Gasteiger partial charge in [-0.25, -0.2) is 0 Å². The Labute approximate surface area is 78.1 Å². The summed E-state index contributed by atoms with van der Waals surface area (Å²) < 4.78 is 5.08. The van der Waals surface area contributed by atoms with Crippen molar-refractivity contribution >= 4 is 0 Å². The molecule has 1 fully saturated rings. The van der Waals surface area contributed by atoms with Crippen LogP contribution in [-0.4, -0.2) is 24.2 Å². The van der Waals surface area contributed by atoms with Crippen molar-refractivity contribution < 1.29 is 4.74 Å². The molecule has 2 heterocycles. The first-order valence-electron chi connectivity index (χ1n) is 4.57. The lowest BCUT2D eigenvalue weighted by Gasteiger charge is -2.27. The molecule has 70 valence electrons. The van der Waals surface area contributed by atoms with E-state index in [9.17, 15) is 0 Å². The number of rotatable bonds is 3. The molecule has 1 aromatic heterocycles. The molecule has 0 saturated carbocycles. The van der Waals surface area contributed by atoms with E-state index < -0.39 is 0 Å². The maximum absolute atomic E-state index is 5.08. The molecule has 2 rings (SSSR count). The molecule has 0 amide bonds. The summed E-state index contributed by atoms with van der Waals surface area (Å²) in [5.74, 6) is 0. The van der Waals surface area contributed by atoms with Crippen LogP contribution in [0.2, 0.25) is 0 Å². The predicted molar refractivity (Wildman–Crippen MR) is 50.4 cm³/mol. The Morgan fingerprint density at radius 1 is 1.62 bits per heavy atom. The minimum absolute atomic E-state index is 0.541. The maximum atomic E-state index is 5.08. The van der Waals surface area contributed by atoms with Gasteiger partial charge in [0.2, 0.25) is 0 Å². The molecule has 1 N–H and O–H groups in total. The highest BCUT2D eigenvalue weighted by Gasteiger charge is 2.17. The molecule has 0 aromatic carbocycles. The van der Waals surface area contributed by atoms with Crippen LogP contribution in [0.15, 0.2) is 18.5 Å². The van der Waals surface area contributed by atoms with E-state index in [2.05, 4.69) is 17.2 Å². The average molecular weight is 178 g/mol. The molecule has 0 radical (unpaired) electrons. The van der Waals surface area contributed by atoms with Crippen molar-refractivity contribution in [2.75, 3.05) is 13.2 Å². The summed E-state index contributed by atoms with van der Waals surface area (Å²) in [4.78, 5) is 4.10. The van der Waals surface area contributed by atoms with Crippen molar-refractivity contribution in [3.8, 4) is 0 Å². The molecule has 1 aliphatic rings. The Morgan fingerprint density at radius 2 is 2.46 bits per heavy atom. The van der Waals surface area contributed by atoms with Gasteiger partial charge in [-0.2, -0.15) is 0 Å². The molecule has 0 unspecified atom stereocenters. The van der Waals surface area contributed by atoms with Crippen LogP contribution in [0.4, 0.5) is 0 Å². The van der Waals surface area contributed by atoms with Crippen molar-refractivity contribution in [3.63, 3.8) is 0 Å². The van der Waals surface area contributed by atoms with Gasteiger partial charge >= 0.3 is 0 Å². The van der Waals surface area contributed by atoms with Crippen molar-refractivity contribution in [1.82, 2.24) is 10.3 Å². The minimum atomic E-state index is 0.541. The Bertz CT molecular complexity index is 284. The van der Waals surface area contributed by atoms with E-state index in [1.807, 2.05) is 18.5 Å². The van der Waals surface area contributed by atoms with E-state index in [0.717, 1.165) is 19.8 Å². The fourth-order valence-electron chi connectivity index (χ4n) is 1.29. The van der Waals surface area contributed by atoms with E-state index in [-0.39, 0.29) is 0 Å². The van der Waals surface area contributed by atoms with Crippen LogP contribution in [0.3, 0.4) is 0 Å². The molecular weight excluding hydrogens is 164 g/mol. The third kappa shape index (κ3) is 2.05. The van der Waals surface area contributed by atoms with Crippen LogP contribution in [0, 0.1) is 6.92 Å². The lowest BCUT2D eigenvalue weighted by atomic mass is 10.1. The standard InChI is InChI=1S/C10H14N2O/c1-8-2-3-11-4-9(8)5-12-10-6-13-7-10/h2-4,10,12H,5-7H2,1H3. The number of pyridine rings is 1. The Balaban J connectivity index is 1.89. The molecule has 0 atom stereocenters. The van der Waals surface area contributed by atoms with Crippen LogP contribution in [0.25, 0.3) is 0 Å². The summed E-state index contributed by atoms with van der Waals surface area (Å²) in [6, 6.07) is 2.58. The number of aromatic nitrogens is 1. The van der Waals surface area contributed by atoms with Gasteiger partial charge in [0.25, 0.3) is 0 Å². The number of hydrogen-bond acceptors (Lipinski definition) is 3. The highest BCUT2D eigenvalue weighted by atomic mass is 16.5. The van der Waals surface area contributed by atoms with E-state index in [1.165, 1.54) is 11.1 Å². The lowest BCUT2D eigenvalue weighted by molar-refractivity contribution is -0.00581. The smallest absolute Gasteiger partial charge is 0.0643 e. The van der Waals surface area contributed by atoms with Gasteiger partial charge in [0.15, 0.2) is 0 Å². The summed E-state index contributed by atoms with van der Waals surface area (Å²) in [6.07, 6.45) is 3.74. The summed E-state index contributed by atoms with van der Waals surface area (Å²) >= 11 is 0. The lowest BCUT2D eigenvalue weighted by Crippen LogP contribution is -2.45. The normalized spacial score (nSPS) is 17.0. The SMILES string of the molecule is Cc1ccncc1CNC1COC1. The quantitative estimate of drug-likeness (QED) is 0.746. The first-order valence-corrected chi connectivity index (χ1v) is 4.57. The van der Waals surface area contributed by atoms with Crippen molar-refractivity contribution in [2.24, 2.45) is 0 Å². The topological polar surface area (TPSA) is 34.2 Å². The third-order valence-electron chi connectivity index (χ3n) is 2.37. The zero-order valence-electron chi connectivity index (χ0n) is 7.79. The van der Waals surface area contributed by atoms with Gasteiger partial charge in [-0.15, -0.1) is 0 Å². The number of aryl methyl sites for hydroxylation is 1. The summed E-state index contributed by atoms with van der Waals surface area (Å²) in [7, 11) is 0. The Kier molecular flexibility index (Phi) is 2.57. The monoisotopic (exact) mass is 178 g/mol. The van der Waals surface area contributed by atoms with Gasteiger partial charge in [0, 0.05) is 18.9 Å². The Hall–Kier alpha value is -0.930. The molecule has 1 saturated heterocycles. The number of nitrogens with zero attached hydrogens (tertiary/aromatic N) is 1. The largest absolute Gasteiger partial charge is 0.378 e. The minimum Gasteiger partial charge on any atom is -0.378 e. The van der Waals surface area contributed by atoms with Gasteiger partial charge in [-0.1, -0.05) is 0 Å². The highest BCUT2D eigenvalue weighted by molar-refractivity contribution is 5.21. The second-order valence-electron chi connectivity index (χ2n) is 3.42. The number of nitrogens with one attached hydrogen (secondary N) is 1. The zero-order valence-corrected chi connectivity index (χ0v) is 7.79. The average Bonchev–Trinajstić information content (AvgIpc) is 2.05. The first kappa shape index (κ1) is 8.66. The van der Waals surface area contributed by atoms with Crippen molar-refractivity contribution in [3.05, 3.63) is 29.6 Å². The van der Waals surface area contributed by atoms with Crippen LogP contribution in [0.5, 0.6) is 0 Å². The molecule has 0 bridgehead atoms. The molecule has 0 aliphatic carbocycles. The van der Waals surface area contributed by atoms with E-state index >= 15 is 0 Å². The van der Waals surface area contributed by atoms with Crippen molar-refractivity contribution in [1.29, 1.82) is 0 Å². The fraction of sp³-hybridized carbons (Fsp3) is 0.500. The second kappa shape index (κ2) is 3.85. The third-order valence-corrected chi connectivity index (χ3v) is 2.37. The number of ether oxygens (including phenoxy) is 1. The second-order valence-corrected chi connectivity index (χ2v) is 3.42. The molecular formula is C10H14N2O. The van der Waals surface area contributed by atoms with Gasteiger partial charge < -0.3 is 10.1 Å².